The van der Waals surface area contributed by atoms with Crippen molar-refractivity contribution >= 4 is 5.91 Å². The first-order chi connectivity index (χ1) is 12.8. The molecular weight excluding hydrogens is 342 g/mol. The van der Waals surface area contributed by atoms with E-state index in [1.165, 1.54) is 0 Å². The van der Waals surface area contributed by atoms with Gasteiger partial charge in [0.25, 0.3) is 5.91 Å². The van der Waals surface area contributed by atoms with E-state index in [1.807, 2.05) is 63.2 Å². The molecule has 0 saturated carbocycles. The molecule has 1 N–H and O–H groups in total. The van der Waals surface area contributed by atoms with E-state index in [0.717, 1.165) is 22.6 Å². The number of aryl methyl sites for hydroxylation is 1. The van der Waals surface area contributed by atoms with Gasteiger partial charge in [-0.05, 0) is 58.0 Å². The Morgan fingerprint density at radius 3 is 2.52 bits per heavy atom. The third-order valence-electron chi connectivity index (χ3n) is 4.69. The SMILES string of the molecule is COc1ccc2c(c1)[C@@H](NC(=O)[C@@H](C)Oc1ccc(C)cc1)CC(C)(C)O2. The van der Waals surface area contributed by atoms with E-state index >= 15 is 0 Å². The molecular formula is C22H27NO4. The van der Waals surface area contributed by atoms with Gasteiger partial charge in [0, 0.05) is 12.0 Å². The Hall–Kier alpha value is -2.69. The van der Waals surface area contributed by atoms with Gasteiger partial charge >= 0.3 is 0 Å². The number of methoxy groups -OCH3 is 1. The highest BCUT2D eigenvalue weighted by Gasteiger charge is 2.35. The molecule has 1 amide bonds. The fourth-order valence-electron chi connectivity index (χ4n) is 3.25. The van der Waals surface area contributed by atoms with Gasteiger partial charge < -0.3 is 19.5 Å². The molecule has 1 heterocycles. The standard InChI is InChI=1S/C22H27NO4/c1-14-6-8-16(9-7-14)26-15(2)21(24)23-19-13-22(3,4)27-20-11-10-17(25-5)12-18(19)20/h6-12,15,19H,13H2,1-5H3,(H,23,24)/t15-,19+/m1/s1. The van der Waals surface area contributed by atoms with Gasteiger partial charge in [0.1, 0.15) is 22.8 Å². The molecule has 0 aliphatic carbocycles. The van der Waals surface area contributed by atoms with Crippen LogP contribution in [0.3, 0.4) is 0 Å². The van der Waals surface area contributed by atoms with Gasteiger partial charge in [0.05, 0.1) is 13.2 Å². The van der Waals surface area contributed by atoms with Crippen LogP contribution in [0.4, 0.5) is 0 Å². The van der Waals surface area contributed by atoms with Crippen LogP contribution in [0.1, 0.15) is 44.4 Å². The topological polar surface area (TPSA) is 56.8 Å². The summed E-state index contributed by atoms with van der Waals surface area (Å²) in [7, 11) is 1.63. The minimum atomic E-state index is -0.604. The number of fused-ring (bicyclic) bond motifs is 1. The molecule has 1 aliphatic heterocycles. The van der Waals surface area contributed by atoms with Gasteiger partial charge in [-0.15, -0.1) is 0 Å². The minimum absolute atomic E-state index is 0.160. The number of hydrogen-bond acceptors (Lipinski definition) is 4. The summed E-state index contributed by atoms with van der Waals surface area (Å²) in [4.78, 5) is 12.7. The molecule has 5 nitrogen and oxygen atoms in total. The second kappa shape index (κ2) is 7.51. The zero-order valence-electron chi connectivity index (χ0n) is 16.5. The van der Waals surface area contributed by atoms with Gasteiger partial charge in [0.2, 0.25) is 0 Å². The molecule has 0 spiro atoms. The molecule has 5 heteroatoms. The van der Waals surface area contributed by atoms with Crippen LogP contribution in [0.5, 0.6) is 17.2 Å². The summed E-state index contributed by atoms with van der Waals surface area (Å²) >= 11 is 0. The molecule has 0 fully saturated rings. The normalized spacial score (nSPS) is 18.6. The van der Waals surface area contributed by atoms with Crippen molar-refractivity contribution in [3.63, 3.8) is 0 Å². The number of hydrogen-bond donors (Lipinski definition) is 1. The fraction of sp³-hybridized carbons (Fsp3) is 0.409. The lowest BCUT2D eigenvalue weighted by molar-refractivity contribution is -0.128. The highest BCUT2D eigenvalue weighted by Crippen LogP contribution is 2.41. The Morgan fingerprint density at radius 1 is 1.19 bits per heavy atom. The second-order valence-electron chi connectivity index (χ2n) is 7.60. The lowest BCUT2D eigenvalue weighted by atomic mass is 9.89. The Bertz CT molecular complexity index is 814. The van der Waals surface area contributed by atoms with Crippen molar-refractivity contribution in [2.75, 3.05) is 7.11 Å². The predicted octanol–water partition coefficient (Wildman–Crippen LogP) is 4.19. The summed E-state index contributed by atoms with van der Waals surface area (Å²) in [6.45, 7) is 7.81. The largest absolute Gasteiger partial charge is 0.497 e. The number of carbonyl (C=O) groups excluding carboxylic acids is 1. The van der Waals surface area contributed by atoms with Crippen molar-refractivity contribution in [3.05, 3.63) is 53.6 Å². The van der Waals surface area contributed by atoms with Crippen LogP contribution in [-0.4, -0.2) is 24.7 Å². The molecule has 0 aromatic heterocycles. The van der Waals surface area contributed by atoms with Crippen molar-refractivity contribution in [3.8, 4) is 17.2 Å². The zero-order valence-corrected chi connectivity index (χ0v) is 16.5. The van der Waals surface area contributed by atoms with Gasteiger partial charge in [-0.3, -0.25) is 4.79 Å². The maximum atomic E-state index is 12.7. The van der Waals surface area contributed by atoms with Crippen molar-refractivity contribution in [2.24, 2.45) is 0 Å². The Kier molecular flexibility index (Phi) is 5.31. The number of amides is 1. The van der Waals surface area contributed by atoms with Crippen LogP contribution >= 0.6 is 0 Å². The van der Waals surface area contributed by atoms with Crippen LogP contribution < -0.4 is 19.5 Å². The second-order valence-corrected chi connectivity index (χ2v) is 7.60. The molecule has 2 aromatic rings. The maximum Gasteiger partial charge on any atom is 0.261 e. The van der Waals surface area contributed by atoms with E-state index in [2.05, 4.69) is 5.32 Å². The minimum Gasteiger partial charge on any atom is -0.497 e. The number of carbonyl (C=O) groups is 1. The third-order valence-corrected chi connectivity index (χ3v) is 4.69. The van der Waals surface area contributed by atoms with E-state index in [9.17, 15) is 4.79 Å². The van der Waals surface area contributed by atoms with E-state index in [-0.39, 0.29) is 17.6 Å². The quantitative estimate of drug-likeness (QED) is 0.859. The molecule has 27 heavy (non-hydrogen) atoms. The average molecular weight is 369 g/mol. The smallest absolute Gasteiger partial charge is 0.261 e. The fourth-order valence-corrected chi connectivity index (χ4v) is 3.25. The molecule has 1 aliphatic rings. The first-order valence-electron chi connectivity index (χ1n) is 9.18. The van der Waals surface area contributed by atoms with Crippen molar-refractivity contribution in [1.82, 2.24) is 5.32 Å². The van der Waals surface area contributed by atoms with Crippen molar-refractivity contribution < 1.29 is 19.0 Å². The van der Waals surface area contributed by atoms with Gasteiger partial charge in [0.15, 0.2) is 6.10 Å². The Morgan fingerprint density at radius 2 is 1.85 bits per heavy atom. The Balaban J connectivity index is 1.75. The van der Waals surface area contributed by atoms with Crippen LogP contribution in [-0.2, 0) is 4.79 Å². The van der Waals surface area contributed by atoms with Crippen LogP contribution in [0.15, 0.2) is 42.5 Å². The van der Waals surface area contributed by atoms with E-state index in [0.29, 0.717) is 12.2 Å². The van der Waals surface area contributed by atoms with Gasteiger partial charge in [-0.25, -0.2) is 0 Å². The van der Waals surface area contributed by atoms with Crippen molar-refractivity contribution in [2.45, 2.75) is 51.9 Å². The maximum absolute atomic E-state index is 12.7. The molecule has 0 bridgehead atoms. The molecule has 2 aromatic carbocycles. The number of ether oxygens (including phenoxy) is 3. The third kappa shape index (κ3) is 4.54. The highest BCUT2D eigenvalue weighted by atomic mass is 16.5. The van der Waals surface area contributed by atoms with Gasteiger partial charge in [-0.2, -0.15) is 0 Å². The number of nitrogens with one attached hydrogen (secondary N) is 1. The van der Waals surface area contributed by atoms with Gasteiger partial charge in [-0.1, -0.05) is 17.7 Å². The average Bonchev–Trinajstić information content (AvgIpc) is 2.62. The molecule has 2 atom stereocenters. The molecule has 144 valence electrons. The summed E-state index contributed by atoms with van der Waals surface area (Å²) in [6.07, 6.45) is 0.0589. The number of rotatable bonds is 5. The Labute approximate surface area is 160 Å². The summed E-state index contributed by atoms with van der Waals surface area (Å²) in [5, 5.41) is 3.11. The zero-order chi connectivity index (χ0) is 19.6. The monoisotopic (exact) mass is 369 g/mol. The van der Waals surface area contributed by atoms with E-state index in [1.54, 1.807) is 14.0 Å². The highest BCUT2D eigenvalue weighted by molar-refractivity contribution is 5.81. The van der Waals surface area contributed by atoms with E-state index in [4.69, 9.17) is 14.2 Å². The van der Waals surface area contributed by atoms with Crippen LogP contribution in [0.25, 0.3) is 0 Å². The molecule has 3 rings (SSSR count). The van der Waals surface area contributed by atoms with E-state index < -0.39 is 6.10 Å². The number of benzene rings is 2. The molecule has 0 radical (unpaired) electrons. The lowest BCUT2D eigenvalue weighted by Crippen LogP contribution is -2.44. The first kappa shape index (κ1) is 19.1. The first-order valence-corrected chi connectivity index (χ1v) is 9.18. The van der Waals surface area contributed by atoms with Crippen molar-refractivity contribution in [1.29, 1.82) is 0 Å². The summed E-state index contributed by atoms with van der Waals surface area (Å²) in [6, 6.07) is 13.2. The molecule has 0 unspecified atom stereocenters. The van der Waals surface area contributed by atoms with Crippen LogP contribution in [0, 0.1) is 6.92 Å². The summed E-state index contributed by atoms with van der Waals surface area (Å²) in [5.41, 5.74) is 1.69. The molecule has 0 saturated heterocycles. The predicted molar refractivity (Wildman–Crippen MR) is 104 cm³/mol. The lowest BCUT2D eigenvalue weighted by Gasteiger charge is -2.38. The summed E-state index contributed by atoms with van der Waals surface area (Å²) < 4.78 is 17.2. The van der Waals surface area contributed by atoms with Crippen LogP contribution in [0.2, 0.25) is 0 Å². The summed E-state index contributed by atoms with van der Waals surface area (Å²) in [5.74, 6) is 2.02.